The van der Waals surface area contributed by atoms with Crippen LogP contribution in [0.1, 0.15) is 16.7 Å². The second-order valence-corrected chi connectivity index (χ2v) is 4.45. The van der Waals surface area contributed by atoms with E-state index in [-0.39, 0.29) is 11.5 Å². The molecule has 0 spiro atoms. The van der Waals surface area contributed by atoms with Crippen LogP contribution in [0.15, 0.2) is 30.3 Å². The molecule has 2 heteroatoms. The number of phenolic OH excluding ortho intramolecular Hbond substituents is 2. The van der Waals surface area contributed by atoms with Crippen molar-refractivity contribution in [2.45, 2.75) is 20.8 Å². The van der Waals surface area contributed by atoms with Crippen LogP contribution in [0.4, 0.5) is 0 Å². The quantitative estimate of drug-likeness (QED) is 0.781. The number of rotatable bonds is 1. The van der Waals surface area contributed by atoms with E-state index >= 15 is 0 Å². The molecule has 0 saturated carbocycles. The van der Waals surface area contributed by atoms with Crippen molar-refractivity contribution in [1.82, 2.24) is 0 Å². The Morgan fingerprint density at radius 3 is 2.24 bits per heavy atom. The van der Waals surface area contributed by atoms with Gasteiger partial charge >= 0.3 is 0 Å². The molecule has 2 N–H and O–H groups in total. The monoisotopic (exact) mass is 228 g/mol. The lowest BCUT2D eigenvalue weighted by Gasteiger charge is -2.13. The predicted molar refractivity (Wildman–Crippen MR) is 69.4 cm³/mol. The number of hydrogen-bond acceptors (Lipinski definition) is 2. The van der Waals surface area contributed by atoms with E-state index in [1.807, 2.05) is 39.0 Å². The molecule has 0 radical (unpaired) electrons. The standard InChI is InChI=1S/C15H16O2/c1-9-7-11(3)15(17)12(8-9)14-10(2)5-4-6-13(14)16/h4-8,16-17H,1-3H3. The van der Waals surface area contributed by atoms with Crippen molar-refractivity contribution < 1.29 is 10.2 Å². The highest BCUT2D eigenvalue weighted by Gasteiger charge is 2.13. The molecule has 0 heterocycles. The smallest absolute Gasteiger partial charge is 0.126 e. The van der Waals surface area contributed by atoms with E-state index < -0.39 is 0 Å². The van der Waals surface area contributed by atoms with Crippen molar-refractivity contribution in [3.63, 3.8) is 0 Å². The lowest BCUT2D eigenvalue weighted by atomic mass is 9.95. The summed E-state index contributed by atoms with van der Waals surface area (Å²) in [5, 5.41) is 20.1. The summed E-state index contributed by atoms with van der Waals surface area (Å²) in [6.07, 6.45) is 0. The first-order chi connectivity index (χ1) is 8.00. The van der Waals surface area contributed by atoms with Gasteiger partial charge in [0.25, 0.3) is 0 Å². The molecule has 2 nitrogen and oxygen atoms in total. The van der Waals surface area contributed by atoms with E-state index in [4.69, 9.17) is 0 Å². The topological polar surface area (TPSA) is 40.5 Å². The molecule has 0 bridgehead atoms. The first-order valence-electron chi connectivity index (χ1n) is 5.60. The van der Waals surface area contributed by atoms with Crippen LogP contribution >= 0.6 is 0 Å². The van der Waals surface area contributed by atoms with Gasteiger partial charge in [0.05, 0.1) is 0 Å². The Hall–Kier alpha value is -1.96. The van der Waals surface area contributed by atoms with Crippen LogP contribution in [-0.2, 0) is 0 Å². The van der Waals surface area contributed by atoms with Crippen LogP contribution in [0.5, 0.6) is 11.5 Å². The highest BCUT2D eigenvalue weighted by molar-refractivity contribution is 5.79. The third-order valence-corrected chi connectivity index (χ3v) is 2.96. The maximum atomic E-state index is 10.1. The van der Waals surface area contributed by atoms with Gasteiger partial charge in [0.1, 0.15) is 11.5 Å². The van der Waals surface area contributed by atoms with Crippen molar-refractivity contribution in [2.75, 3.05) is 0 Å². The number of benzene rings is 2. The molecule has 0 aromatic heterocycles. The molecule has 0 unspecified atom stereocenters. The molecule has 2 rings (SSSR count). The van der Waals surface area contributed by atoms with Gasteiger partial charge in [-0.05, 0) is 49.6 Å². The van der Waals surface area contributed by atoms with Gasteiger partial charge in [0.15, 0.2) is 0 Å². The number of aromatic hydroxyl groups is 2. The third-order valence-electron chi connectivity index (χ3n) is 2.96. The summed E-state index contributed by atoms with van der Waals surface area (Å²) in [6.45, 7) is 5.76. The van der Waals surface area contributed by atoms with Gasteiger partial charge in [-0.25, -0.2) is 0 Å². The van der Waals surface area contributed by atoms with Gasteiger partial charge < -0.3 is 10.2 Å². The maximum absolute atomic E-state index is 10.1. The van der Waals surface area contributed by atoms with Gasteiger partial charge in [0, 0.05) is 11.1 Å². The van der Waals surface area contributed by atoms with E-state index in [9.17, 15) is 10.2 Å². The zero-order chi connectivity index (χ0) is 12.6. The summed E-state index contributed by atoms with van der Waals surface area (Å²) in [6, 6.07) is 9.18. The van der Waals surface area contributed by atoms with Gasteiger partial charge in [-0.3, -0.25) is 0 Å². The Morgan fingerprint density at radius 2 is 1.59 bits per heavy atom. The fraction of sp³-hybridized carbons (Fsp3) is 0.200. The summed E-state index contributed by atoms with van der Waals surface area (Å²) in [7, 11) is 0. The molecule has 0 amide bonds. The van der Waals surface area contributed by atoms with E-state index in [0.717, 1.165) is 16.7 Å². The minimum Gasteiger partial charge on any atom is -0.507 e. The van der Waals surface area contributed by atoms with Crippen LogP contribution < -0.4 is 0 Å². The second kappa shape index (κ2) is 4.13. The Labute approximate surface area is 101 Å². The Morgan fingerprint density at radius 1 is 0.882 bits per heavy atom. The van der Waals surface area contributed by atoms with Gasteiger partial charge in [-0.2, -0.15) is 0 Å². The van der Waals surface area contributed by atoms with Crippen LogP contribution in [0, 0.1) is 20.8 Å². The summed E-state index contributed by atoms with van der Waals surface area (Å²) in [5.41, 5.74) is 4.24. The van der Waals surface area contributed by atoms with Gasteiger partial charge in [0.2, 0.25) is 0 Å². The van der Waals surface area contributed by atoms with Crippen molar-refractivity contribution in [2.24, 2.45) is 0 Å². The van der Waals surface area contributed by atoms with E-state index in [0.29, 0.717) is 11.1 Å². The Bertz CT molecular complexity index is 551. The lowest BCUT2D eigenvalue weighted by Crippen LogP contribution is -1.88. The van der Waals surface area contributed by atoms with Gasteiger partial charge in [-0.15, -0.1) is 0 Å². The largest absolute Gasteiger partial charge is 0.507 e. The van der Waals surface area contributed by atoms with E-state index in [2.05, 4.69) is 0 Å². The summed E-state index contributed by atoms with van der Waals surface area (Å²) < 4.78 is 0. The molecule has 2 aromatic carbocycles. The number of aryl methyl sites for hydroxylation is 3. The van der Waals surface area contributed by atoms with Crippen LogP contribution in [0.3, 0.4) is 0 Å². The predicted octanol–water partition coefficient (Wildman–Crippen LogP) is 3.69. The summed E-state index contributed by atoms with van der Waals surface area (Å²) in [5.74, 6) is 0.436. The molecular weight excluding hydrogens is 212 g/mol. The molecule has 0 atom stereocenters. The molecule has 0 aliphatic carbocycles. The van der Waals surface area contributed by atoms with Crippen molar-refractivity contribution >= 4 is 0 Å². The summed E-state index contributed by atoms with van der Waals surface area (Å²) >= 11 is 0. The molecular formula is C15H16O2. The molecule has 17 heavy (non-hydrogen) atoms. The molecule has 0 aliphatic heterocycles. The lowest BCUT2D eigenvalue weighted by molar-refractivity contribution is 0.466. The van der Waals surface area contributed by atoms with Crippen LogP contribution in [0.25, 0.3) is 11.1 Å². The van der Waals surface area contributed by atoms with E-state index in [1.54, 1.807) is 12.1 Å². The molecule has 88 valence electrons. The van der Waals surface area contributed by atoms with Crippen molar-refractivity contribution in [3.05, 3.63) is 47.0 Å². The number of phenols is 2. The fourth-order valence-electron chi connectivity index (χ4n) is 2.15. The molecule has 0 aliphatic rings. The summed E-state index contributed by atoms with van der Waals surface area (Å²) in [4.78, 5) is 0. The molecule has 0 saturated heterocycles. The average molecular weight is 228 g/mol. The molecule has 0 fully saturated rings. The first kappa shape index (κ1) is 11.5. The minimum atomic E-state index is 0.199. The zero-order valence-electron chi connectivity index (χ0n) is 10.3. The van der Waals surface area contributed by atoms with Crippen LogP contribution in [-0.4, -0.2) is 10.2 Å². The first-order valence-corrected chi connectivity index (χ1v) is 5.60. The van der Waals surface area contributed by atoms with Crippen molar-refractivity contribution in [3.8, 4) is 22.6 Å². The fourth-order valence-corrected chi connectivity index (χ4v) is 2.15. The number of hydrogen-bond donors (Lipinski definition) is 2. The minimum absolute atomic E-state index is 0.199. The van der Waals surface area contributed by atoms with Gasteiger partial charge in [-0.1, -0.05) is 18.2 Å². The molecule has 2 aromatic rings. The maximum Gasteiger partial charge on any atom is 0.126 e. The van der Waals surface area contributed by atoms with Crippen molar-refractivity contribution in [1.29, 1.82) is 0 Å². The SMILES string of the molecule is Cc1cc(C)c(O)c(-c2c(C)cccc2O)c1. The highest BCUT2D eigenvalue weighted by atomic mass is 16.3. The normalized spacial score (nSPS) is 10.5. The Kier molecular flexibility index (Phi) is 2.80. The second-order valence-electron chi connectivity index (χ2n) is 4.45. The Balaban J connectivity index is 2.77. The average Bonchev–Trinajstić information content (AvgIpc) is 2.24. The third kappa shape index (κ3) is 1.98. The van der Waals surface area contributed by atoms with Crippen LogP contribution in [0.2, 0.25) is 0 Å². The zero-order valence-corrected chi connectivity index (χ0v) is 10.3. The highest BCUT2D eigenvalue weighted by Crippen LogP contribution is 2.39. The van der Waals surface area contributed by atoms with E-state index in [1.165, 1.54) is 0 Å².